The molecule has 0 N–H and O–H groups in total. The van der Waals surface area contributed by atoms with E-state index in [0.29, 0.717) is 0 Å². The Morgan fingerprint density at radius 1 is 1.00 bits per heavy atom. The second-order valence-electron chi connectivity index (χ2n) is 0.247. The van der Waals surface area contributed by atoms with Gasteiger partial charge in [-0.2, -0.15) is 0 Å². The monoisotopic (exact) mass is 91.0 g/mol. The van der Waals surface area contributed by atoms with Gasteiger partial charge in [0.1, 0.15) is 0 Å². The van der Waals surface area contributed by atoms with Gasteiger partial charge in [0.15, 0.2) is 0 Å². The third-order valence-electron chi connectivity index (χ3n) is 0. The van der Waals surface area contributed by atoms with E-state index in [2.05, 4.69) is 0 Å². The molecule has 0 fully saturated rings. The SMILES string of the molecule is F[B-](F)F.[Na+]. The standard InChI is InChI=1S/BF3.Na/c2-1(3)4;/q-1;+1. The van der Waals surface area contributed by atoms with E-state index in [1.165, 1.54) is 0 Å². The zero-order valence-corrected chi connectivity index (χ0v) is 4.71. The molecule has 0 unspecified atom stereocenters. The van der Waals surface area contributed by atoms with Gasteiger partial charge in [-0.15, -0.1) is 0 Å². The number of halogens is 3. The molecule has 0 rings (SSSR count). The molecular weight excluding hydrogens is 90.8 g/mol. The van der Waals surface area contributed by atoms with Crippen molar-refractivity contribution in [1.29, 1.82) is 0 Å². The van der Waals surface area contributed by atoms with Crippen LogP contribution in [0.2, 0.25) is 0 Å². The van der Waals surface area contributed by atoms with Crippen LogP contribution in [0.15, 0.2) is 0 Å². The second kappa shape index (κ2) is 4.85. The molecule has 25 valence electrons. The van der Waals surface area contributed by atoms with Gasteiger partial charge in [-0.3, -0.25) is 0 Å². The van der Waals surface area contributed by atoms with E-state index < -0.39 is 7.54 Å². The molecule has 1 radical (unpaired) electrons. The van der Waals surface area contributed by atoms with Gasteiger partial charge in [0.2, 0.25) is 0 Å². The van der Waals surface area contributed by atoms with Gasteiger partial charge in [-0.25, -0.2) is 0 Å². The first-order valence-electron chi connectivity index (χ1n) is 0.655. The van der Waals surface area contributed by atoms with Crippen molar-refractivity contribution >= 4 is 7.54 Å². The molecule has 0 aliphatic heterocycles. The van der Waals surface area contributed by atoms with Crippen LogP contribution >= 0.6 is 0 Å². The van der Waals surface area contributed by atoms with Gasteiger partial charge in [-0.05, 0) is 0 Å². The minimum absolute atomic E-state index is 0. The van der Waals surface area contributed by atoms with Crippen molar-refractivity contribution in [3.63, 3.8) is 0 Å². The average Bonchev–Trinajstić information content (AvgIpc) is 0.811. The largest absolute Gasteiger partial charge is 1.00 e. The summed E-state index contributed by atoms with van der Waals surface area (Å²) >= 11 is 0. The second-order valence-corrected chi connectivity index (χ2v) is 0.247. The Morgan fingerprint density at radius 2 is 1.00 bits per heavy atom. The first-order chi connectivity index (χ1) is 1.73. The molecule has 5 heavy (non-hydrogen) atoms. The van der Waals surface area contributed by atoms with Crippen LogP contribution in [0.4, 0.5) is 12.9 Å². The van der Waals surface area contributed by atoms with Gasteiger partial charge in [0.25, 0.3) is 0 Å². The van der Waals surface area contributed by atoms with Gasteiger partial charge >= 0.3 is 37.1 Å². The van der Waals surface area contributed by atoms with E-state index in [1.807, 2.05) is 0 Å². The van der Waals surface area contributed by atoms with Crippen molar-refractivity contribution in [2.24, 2.45) is 0 Å². The summed E-state index contributed by atoms with van der Waals surface area (Å²) in [6.45, 7) is 0. The van der Waals surface area contributed by atoms with Crippen molar-refractivity contribution in [2.75, 3.05) is 0 Å². The van der Waals surface area contributed by atoms with Crippen molar-refractivity contribution in [2.45, 2.75) is 0 Å². The number of hydrogen-bond donors (Lipinski definition) is 0. The fourth-order valence-electron chi connectivity index (χ4n) is 0. The minimum atomic E-state index is -3.67. The van der Waals surface area contributed by atoms with Crippen LogP contribution in [-0.4, -0.2) is 7.54 Å². The number of hydrogen-bond acceptors (Lipinski definition) is 0. The average molecular weight is 90.8 g/mol. The van der Waals surface area contributed by atoms with Crippen molar-refractivity contribution < 1.29 is 42.5 Å². The Kier molecular flexibility index (Phi) is 9.02. The van der Waals surface area contributed by atoms with Crippen LogP contribution in [0.25, 0.3) is 0 Å². The van der Waals surface area contributed by atoms with Crippen LogP contribution in [-0.2, 0) is 0 Å². The van der Waals surface area contributed by atoms with Crippen LogP contribution < -0.4 is 29.6 Å². The molecule has 0 aromatic carbocycles. The molecule has 0 atom stereocenters. The van der Waals surface area contributed by atoms with Crippen molar-refractivity contribution in [1.82, 2.24) is 0 Å². The third-order valence-corrected chi connectivity index (χ3v) is 0. The molecule has 0 aliphatic rings. The molecule has 0 spiro atoms. The normalized spacial score (nSPS) is 7.20. The molecule has 0 nitrogen and oxygen atoms in total. The van der Waals surface area contributed by atoms with Crippen molar-refractivity contribution in [3.05, 3.63) is 0 Å². The maximum atomic E-state index is 9.67. The quantitative estimate of drug-likeness (QED) is 0.299. The van der Waals surface area contributed by atoms with Crippen LogP contribution in [0.3, 0.4) is 0 Å². The van der Waals surface area contributed by atoms with E-state index >= 15 is 0 Å². The van der Waals surface area contributed by atoms with Crippen LogP contribution in [0.5, 0.6) is 0 Å². The Hall–Kier alpha value is 0.855. The van der Waals surface area contributed by atoms with Crippen LogP contribution in [0, 0.1) is 0 Å². The topological polar surface area (TPSA) is 0 Å². The molecule has 0 saturated heterocycles. The summed E-state index contributed by atoms with van der Waals surface area (Å²) in [5.41, 5.74) is 0. The van der Waals surface area contributed by atoms with Gasteiger partial charge < -0.3 is 12.9 Å². The Bertz CT molecular complexity index is 11.6. The summed E-state index contributed by atoms with van der Waals surface area (Å²) in [4.78, 5) is 0. The van der Waals surface area contributed by atoms with E-state index in [0.717, 1.165) is 0 Å². The van der Waals surface area contributed by atoms with E-state index in [1.54, 1.807) is 0 Å². The van der Waals surface area contributed by atoms with Gasteiger partial charge in [-0.1, -0.05) is 0 Å². The number of rotatable bonds is 0. The van der Waals surface area contributed by atoms with Crippen molar-refractivity contribution in [3.8, 4) is 0 Å². The maximum absolute atomic E-state index is 9.67. The molecule has 0 aromatic rings. The summed E-state index contributed by atoms with van der Waals surface area (Å²) in [6, 6.07) is 0. The summed E-state index contributed by atoms with van der Waals surface area (Å²) in [5, 5.41) is 0. The Balaban J connectivity index is 0. The van der Waals surface area contributed by atoms with Gasteiger partial charge in [0, 0.05) is 0 Å². The fraction of sp³-hybridized carbons (Fsp3) is 0. The summed E-state index contributed by atoms with van der Waals surface area (Å²) < 4.78 is 29.0. The zero-order valence-electron chi connectivity index (χ0n) is 2.71. The summed E-state index contributed by atoms with van der Waals surface area (Å²) in [5.74, 6) is 0. The summed E-state index contributed by atoms with van der Waals surface area (Å²) in [7, 11) is -3.67. The fourth-order valence-corrected chi connectivity index (χ4v) is 0. The maximum Gasteiger partial charge on any atom is 1.00 e. The first-order valence-corrected chi connectivity index (χ1v) is 0.655. The van der Waals surface area contributed by atoms with Crippen LogP contribution in [0.1, 0.15) is 0 Å². The molecule has 5 heteroatoms. The van der Waals surface area contributed by atoms with E-state index in [-0.39, 0.29) is 29.6 Å². The van der Waals surface area contributed by atoms with E-state index in [4.69, 9.17) is 0 Å². The predicted molar refractivity (Wildman–Crippen MR) is 9.08 cm³/mol. The smallest absolute Gasteiger partial charge is 0.471 e. The molecule has 0 saturated carbocycles. The molecule has 0 bridgehead atoms. The Morgan fingerprint density at radius 3 is 1.00 bits per heavy atom. The molecular formula is BF3Na. The molecule has 0 heterocycles. The molecule has 0 aromatic heterocycles. The van der Waals surface area contributed by atoms with E-state index in [9.17, 15) is 12.9 Å². The summed E-state index contributed by atoms with van der Waals surface area (Å²) in [6.07, 6.45) is 0. The minimum Gasteiger partial charge on any atom is -0.471 e. The van der Waals surface area contributed by atoms with Gasteiger partial charge in [0.05, 0.1) is 0 Å². The Labute approximate surface area is 50.3 Å². The molecule has 0 aliphatic carbocycles. The third kappa shape index (κ3) is 54.1. The molecule has 0 amide bonds. The predicted octanol–water partition coefficient (Wildman–Crippen LogP) is -2.12. The zero-order chi connectivity index (χ0) is 3.58. The first kappa shape index (κ1) is 9.29.